The van der Waals surface area contributed by atoms with Crippen molar-refractivity contribution in [2.24, 2.45) is 5.92 Å². The van der Waals surface area contributed by atoms with Crippen molar-refractivity contribution < 1.29 is 9.59 Å². The van der Waals surface area contributed by atoms with Gasteiger partial charge in [0.15, 0.2) is 0 Å². The number of carbonyl (C=O) groups is 2. The van der Waals surface area contributed by atoms with Gasteiger partial charge in [-0.25, -0.2) is 4.98 Å². The number of hydrogen-bond acceptors (Lipinski definition) is 6. The Hall–Kier alpha value is -3.98. The van der Waals surface area contributed by atoms with Crippen molar-refractivity contribution in [3.63, 3.8) is 0 Å². The zero-order valence-electron chi connectivity index (χ0n) is 19.4. The molecule has 3 heterocycles. The van der Waals surface area contributed by atoms with Crippen LogP contribution in [0.2, 0.25) is 0 Å². The van der Waals surface area contributed by atoms with Crippen molar-refractivity contribution >= 4 is 45.7 Å². The van der Waals surface area contributed by atoms with Gasteiger partial charge in [-0.2, -0.15) is 0 Å². The molecule has 9 heteroatoms. The van der Waals surface area contributed by atoms with Gasteiger partial charge in [-0.1, -0.05) is 35.9 Å². The van der Waals surface area contributed by atoms with E-state index >= 15 is 0 Å². The minimum Gasteiger partial charge on any atom is -0.303 e. The first-order valence-electron chi connectivity index (χ1n) is 11.5. The Kier molecular flexibility index (Phi) is 6.08. The van der Waals surface area contributed by atoms with E-state index in [0.29, 0.717) is 17.4 Å². The molecule has 2 N–H and O–H groups in total. The summed E-state index contributed by atoms with van der Waals surface area (Å²) in [4.78, 5) is 46.6. The molecule has 2 amide bonds. The number of aromatic nitrogens is 2. The van der Waals surface area contributed by atoms with E-state index in [1.54, 1.807) is 23.1 Å². The largest absolute Gasteiger partial charge is 0.303 e. The number of nitrogens with zero attached hydrogens (tertiary/aromatic N) is 3. The van der Waals surface area contributed by atoms with E-state index in [1.165, 1.54) is 15.9 Å². The fourth-order valence-electron chi connectivity index (χ4n) is 4.53. The third kappa shape index (κ3) is 4.19. The maximum absolute atomic E-state index is 13.4. The van der Waals surface area contributed by atoms with Gasteiger partial charge in [0.2, 0.25) is 17.8 Å². The number of amides is 2. The van der Waals surface area contributed by atoms with E-state index < -0.39 is 12.0 Å². The minimum absolute atomic E-state index is 0.0791. The molecular weight excluding hydrogens is 462 g/mol. The van der Waals surface area contributed by atoms with Crippen LogP contribution in [0.3, 0.4) is 0 Å². The molecule has 8 nitrogen and oxygen atoms in total. The number of thiophene rings is 1. The number of anilines is 2. The Labute approximate surface area is 206 Å². The van der Waals surface area contributed by atoms with E-state index in [2.05, 4.69) is 15.8 Å². The molecule has 0 spiro atoms. The van der Waals surface area contributed by atoms with Crippen LogP contribution in [-0.4, -0.2) is 21.4 Å². The normalized spacial score (nSPS) is 17.7. The van der Waals surface area contributed by atoms with Crippen LogP contribution in [0, 0.1) is 12.8 Å². The van der Waals surface area contributed by atoms with Crippen molar-refractivity contribution in [2.75, 3.05) is 10.3 Å². The maximum Gasteiger partial charge on any atom is 0.262 e. The number of nitrogens with one attached hydrogen (secondary N) is 2. The lowest BCUT2D eigenvalue weighted by atomic mass is 9.98. The second-order valence-electron chi connectivity index (χ2n) is 8.49. The lowest BCUT2D eigenvalue weighted by molar-refractivity contribution is -0.126. The fraction of sp³-hybridized carbons (Fsp3) is 0.231. The lowest BCUT2D eigenvalue weighted by Gasteiger charge is -2.27. The van der Waals surface area contributed by atoms with Crippen LogP contribution in [0.5, 0.6) is 0 Å². The molecule has 1 fully saturated rings. The van der Waals surface area contributed by atoms with Gasteiger partial charge >= 0.3 is 0 Å². The van der Waals surface area contributed by atoms with Crippen LogP contribution in [0.25, 0.3) is 10.9 Å². The quantitative estimate of drug-likeness (QED) is 0.401. The third-order valence-electron chi connectivity index (χ3n) is 6.28. The molecule has 2 unspecified atom stereocenters. The number of benzene rings is 2. The Balaban J connectivity index is 1.43. The van der Waals surface area contributed by atoms with Gasteiger partial charge in [-0.05, 0) is 49.6 Å². The van der Waals surface area contributed by atoms with E-state index in [9.17, 15) is 14.4 Å². The van der Waals surface area contributed by atoms with Gasteiger partial charge in [-0.15, -0.1) is 11.3 Å². The standard InChI is InChI=1S/C26H25N5O3S/c1-3-30-25(34)18-7-4-5-8-20(18)27-26(30)29-28-24(33)19-15-22(32)31(17-12-10-16(2)11-13-17)23(19)21-9-6-14-35-21/h4-14,19,23H,3,15H2,1-2H3,(H,27,29)(H,28,33). The Morgan fingerprint density at radius 2 is 1.86 bits per heavy atom. The van der Waals surface area contributed by atoms with Crippen LogP contribution < -0.4 is 21.3 Å². The highest BCUT2D eigenvalue weighted by Gasteiger charge is 2.45. The molecule has 4 aromatic rings. The fourth-order valence-corrected chi connectivity index (χ4v) is 5.41. The molecule has 1 saturated heterocycles. The minimum atomic E-state index is -0.614. The Morgan fingerprint density at radius 1 is 1.09 bits per heavy atom. The number of carbonyl (C=O) groups excluding carboxylic acids is 2. The average Bonchev–Trinajstić information content (AvgIpc) is 3.51. The Bertz CT molecular complexity index is 1450. The van der Waals surface area contributed by atoms with E-state index in [0.717, 1.165) is 16.1 Å². The second-order valence-corrected chi connectivity index (χ2v) is 9.47. The number of hydrazine groups is 1. The van der Waals surface area contributed by atoms with Crippen LogP contribution in [-0.2, 0) is 16.1 Å². The van der Waals surface area contributed by atoms with Gasteiger partial charge in [0, 0.05) is 23.5 Å². The summed E-state index contributed by atoms with van der Waals surface area (Å²) >= 11 is 1.52. The molecular formula is C26H25N5O3S. The molecule has 1 aliphatic rings. The van der Waals surface area contributed by atoms with E-state index in [4.69, 9.17) is 0 Å². The number of para-hydroxylation sites is 1. The first kappa shape index (κ1) is 22.8. The monoisotopic (exact) mass is 487 g/mol. The highest BCUT2D eigenvalue weighted by atomic mass is 32.1. The molecule has 0 saturated carbocycles. The highest BCUT2D eigenvalue weighted by Crippen LogP contribution is 2.43. The molecule has 35 heavy (non-hydrogen) atoms. The molecule has 0 radical (unpaired) electrons. The zero-order valence-corrected chi connectivity index (χ0v) is 20.2. The lowest BCUT2D eigenvalue weighted by Crippen LogP contribution is -2.40. The summed E-state index contributed by atoms with van der Waals surface area (Å²) in [6.45, 7) is 4.22. The highest BCUT2D eigenvalue weighted by molar-refractivity contribution is 7.10. The molecule has 2 aromatic carbocycles. The summed E-state index contributed by atoms with van der Waals surface area (Å²) in [6.07, 6.45) is 0.0791. The number of hydrogen-bond donors (Lipinski definition) is 2. The van der Waals surface area contributed by atoms with Crippen molar-refractivity contribution in [3.8, 4) is 0 Å². The second kappa shape index (κ2) is 9.34. The zero-order chi connectivity index (χ0) is 24.5. The average molecular weight is 488 g/mol. The SMILES string of the molecule is CCn1c(NNC(=O)C2CC(=O)N(c3ccc(C)cc3)C2c2cccs2)nc2ccccc2c1=O. The van der Waals surface area contributed by atoms with Crippen LogP contribution >= 0.6 is 11.3 Å². The summed E-state index contributed by atoms with van der Waals surface area (Å²) in [5.74, 6) is -0.813. The van der Waals surface area contributed by atoms with Crippen molar-refractivity contribution in [3.05, 3.63) is 86.8 Å². The summed E-state index contributed by atoms with van der Waals surface area (Å²) < 4.78 is 1.47. The van der Waals surface area contributed by atoms with E-state index in [1.807, 2.05) is 61.7 Å². The van der Waals surface area contributed by atoms with Crippen molar-refractivity contribution in [1.29, 1.82) is 0 Å². The summed E-state index contributed by atoms with van der Waals surface area (Å²) in [7, 11) is 0. The number of aryl methyl sites for hydroxylation is 1. The van der Waals surface area contributed by atoms with Gasteiger partial charge in [0.1, 0.15) is 0 Å². The number of fused-ring (bicyclic) bond motifs is 1. The van der Waals surface area contributed by atoms with Crippen molar-refractivity contribution in [1.82, 2.24) is 15.0 Å². The van der Waals surface area contributed by atoms with Crippen LogP contribution in [0.1, 0.15) is 29.8 Å². The van der Waals surface area contributed by atoms with Crippen LogP contribution in [0.4, 0.5) is 11.6 Å². The molecule has 2 aromatic heterocycles. The van der Waals surface area contributed by atoms with Crippen molar-refractivity contribution in [2.45, 2.75) is 32.9 Å². The van der Waals surface area contributed by atoms with Gasteiger partial charge in [0.25, 0.3) is 5.56 Å². The van der Waals surface area contributed by atoms with Gasteiger partial charge in [-0.3, -0.25) is 29.8 Å². The van der Waals surface area contributed by atoms with Gasteiger partial charge < -0.3 is 4.90 Å². The molecule has 0 aliphatic carbocycles. The number of rotatable bonds is 6. The first-order valence-corrected chi connectivity index (χ1v) is 12.3. The Morgan fingerprint density at radius 3 is 2.57 bits per heavy atom. The topological polar surface area (TPSA) is 96.3 Å². The predicted molar refractivity (Wildman–Crippen MR) is 137 cm³/mol. The predicted octanol–water partition coefficient (Wildman–Crippen LogP) is 4.02. The summed E-state index contributed by atoms with van der Waals surface area (Å²) in [5, 5.41) is 2.46. The molecule has 5 rings (SSSR count). The third-order valence-corrected chi connectivity index (χ3v) is 7.22. The summed E-state index contributed by atoms with van der Waals surface area (Å²) in [6, 6.07) is 18.3. The molecule has 2 atom stereocenters. The maximum atomic E-state index is 13.4. The smallest absolute Gasteiger partial charge is 0.262 e. The molecule has 178 valence electrons. The first-order chi connectivity index (χ1) is 17.0. The molecule has 0 bridgehead atoms. The van der Waals surface area contributed by atoms with E-state index in [-0.39, 0.29) is 29.7 Å². The summed E-state index contributed by atoms with van der Waals surface area (Å²) in [5.41, 5.74) is 7.77. The molecule has 1 aliphatic heterocycles. The van der Waals surface area contributed by atoms with Crippen LogP contribution in [0.15, 0.2) is 70.8 Å². The van der Waals surface area contributed by atoms with Gasteiger partial charge in [0.05, 0.1) is 22.9 Å².